The SMILES string of the molecule is N#C/C(=C\C=O)c1ccc2ccccc2c1. The molecule has 0 aromatic heterocycles. The molecule has 0 heterocycles. The summed E-state index contributed by atoms with van der Waals surface area (Å²) in [5, 5.41) is 11.1. The van der Waals surface area contributed by atoms with Gasteiger partial charge in [0.1, 0.15) is 6.29 Å². The molecule has 0 spiro atoms. The van der Waals surface area contributed by atoms with Crippen LogP contribution < -0.4 is 0 Å². The van der Waals surface area contributed by atoms with Gasteiger partial charge in [-0.25, -0.2) is 0 Å². The molecule has 2 rings (SSSR count). The molecule has 76 valence electrons. The number of allylic oxidation sites excluding steroid dienone is 2. The molecule has 0 aliphatic heterocycles. The zero-order valence-electron chi connectivity index (χ0n) is 8.55. The molecule has 0 fully saturated rings. The van der Waals surface area contributed by atoms with Crippen LogP contribution in [-0.2, 0) is 4.79 Å². The van der Waals surface area contributed by atoms with Gasteiger partial charge in [0.25, 0.3) is 0 Å². The van der Waals surface area contributed by atoms with E-state index in [9.17, 15) is 4.79 Å². The average molecular weight is 207 g/mol. The summed E-state index contributed by atoms with van der Waals surface area (Å²) in [6, 6.07) is 15.6. The fourth-order valence-electron chi connectivity index (χ4n) is 1.62. The number of nitriles is 1. The number of rotatable bonds is 2. The van der Waals surface area contributed by atoms with Gasteiger partial charge in [0.15, 0.2) is 0 Å². The number of fused-ring (bicyclic) bond motifs is 1. The Morgan fingerprint density at radius 1 is 1.12 bits per heavy atom. The van der Waals surface area contributed by atoms with E-state index >= 15 is 0 Å². The standard InChI is InChI=1S/C14H9NO/c15-10-14(7-8-16)13-6-5-11-3-1-2-4-12(11)9-13/h1-9H/b14-7+. The second kappa shape index (κ2) is 4.41. The van der Waals surface area contributed by atoms with E-state index < -0.39 is 0 Å². The minimum absolute atomic E-state index is 0.390. The van der Waals surface area contributed by atoms with E-state index in [0.717, 1.165) is 16.3 Å². The number of hydrogen-bond donors (Lipinski definition) is 0. The van der Waals surface area contributed by atoms with Gasteiger partial charge in [0, 0.05) is 0 Å². The quantitative estimate of drug-likeness (QED) is 0.431. The molecule has 2 aromatic rings. The van der Waals surface area contributed by atoms with E-state index in [1.165, 1.54) is 6.08 Å². The van der Waals surface area contributed by atoms with Crippen LogP contribution in [0.3, 0.4) is 0 Å². The fourth-order valence-corrected chi connectivity index (χ4v) is 1.62. The van der Waals surface area contributed by atoms with Crippen molar-refractivity contribution >= 4 is 22.6 Å². The van der Waals surface area contributed by atoms with Gasteiger partial charge in [0.05, 0.1) is 11.6 Å². The summed E-state index contributed by atoms with van der Waals surface area (Å²) in [6.07, 6.45) is 1.91. The summed E-state index contributed by atoms with van der Waals surface area (Å²) in [6.45, 7) is 0. The lowest BCUT2D eigenvalue weighted by atomic mass is 10.0. The van der Waals surface area contributed by atoms with Crippen LogP contribution in [0.5, 0.6) is 0 Å². The van der Waals surface area contributed by atoms with E-state index in [0.29, 0.717) is 11.9 Å². The third kappa shape index (κ3) is 1.84. The lowest BCUT2D eigenvalue weighted by Gasteiger charge is -2.01. The number of nitrogens with zero attached hydrogens (tertiary/aromatic N) is 1. The van der Waals surface area contributed by atoms with Crippen molar-refractivity contribution in [2.75, 3.05) is 0 Å². The summed E-state index contributed by atoms with van der Waals surface area (Å²) in [5.41, 5.74) is 1.16. The number of benzene rings is 2. The first-order chi connectivity index (χ1) is 7.85. The highest BCUT2D eigenvalue weighted by molar-refractivity contribution is 5.92. The fraction of sp³-hybridized carbons (Fsp3) is 0. The minimum Gasteiger partial charge on any atom is -0.299 e. The Kier molecular flexibility index (Phi) is 2.79. The molecule has 16 heavy (non-hydrogen) atoms. The summed E-state index contributed by atoms with van der Waals surface area (Å²) in [4.78, 5) is 10.4. The molecule has 0 unspecified atom stereocenters. The molecule has 0 radical (unpaired) electrons. The van der Waals surface area contributed by atoms with Gasteiger partial charge in [-0.1, -0.05) is 36.4 Å². The van der Waals surface area contributed by atoms with Crippen LogP contribution in [0.1, 0.15) is 5.56 Å². The van der Waals surface area contributed by atoms with Crippen LogP contribution >= 0.6 is 0 Å². The summed E-state index contributed by atoms with van der Waals surface area (Å²) >= 11 is 0. The van der Waals surface area contributed by atoms with E-state index in [-0.39, 0.29) is 0 Å². The molecule has 0 saturated carbocycles. The van der Waals surface area contributed by atoms with Crippen LogP contribution in [0.15, 0.2) is 48.5 Å². The van der Waals surface area contributed by atoms with E-state index in [1.807, 2.05) is 48.5 Å². The first-order valence-corrected chi connectivity index (χ1v) is 4.90. The van der Waals surface area contributed by atoms with Crippen molar-refractivity contribution in [3.8, 4) is 6.07 Å². The van der Waals surface area contributed by atoms with Crippen LogP contribution in [0.25, 0.3) is 16.3 Å². The molecule has 2 heteroatoms. The number of carbonyl (C=O) groups is 1. The zero-order valence-corrected chi connectivity index (χ0v) is 8.55. The summed E-state index contributed by atoms with van der Waals surface area (Å²) in [5.74, 6) is 0. The second-order valence-corrected chi connectivity index (χ2v) is 3.39. The average Bonchev–Trinajstić information content (AvgIpc) is 2.35. The maximum atomic E-state index is 10.4. The third-order valence-electron chi connectivity index (χ3n) is 2.42. The van der Waals surface area contributed by atoms with E-state index in [2.05, 4.69) is 0 Å². The van der Waals surface area contributed by atoms with Gasteiger partial charge in [-0.2, -0.15) is 5.26 Å². The van der Waals surface area contributed by atoms with Crippen molar-refractivity contribution in [1.29, 1.82) is 5.26 Å². The van der Waals surface area contributed by atoms with Crippen LogP contribution in [-0.4, -0.2) is 6.29 Å². The lowest BCUT2D eigenvalue weighted by molar-refractivity contribution is -0.104. The molecule has 0 atom stereocenters. The lowest BCUT2D eigenvalue weighted by Crippen LogP contribution is -1.82. The van der Waals surface area contributed by atoms with Gasteiger partial charge in [-0.05, 0) is 28.5 Å². The largest absolute Gasteiger partial charge is 0.299 e. The molecule has 0 saturated heterocycles. The van der Waals surface area contributed by atoms with E-state index in [1.54, 1.807) is 0 Å². The summed E-state index contributed by atoms with van der Waals surface area (Å²) < 4.78 is 0. The molecule has 0 N–H and O–H groups in total. The molecule has 0 bridgehead atoms. The third-order valence-corrected chi connectivity index (χ3v) is 2.42. The Bertz CT molecular complexity index is 605. The van der Waals surface area contributed by atoms with Crippen LogP contribution in [0.4, 0.5) is 0 Å². The van der Waals surface area contributed by atoms with Gasteiger partial charge in [-0.3, -0.25) is 4.79 Å². The molecule has 2 nitrogen and oxygen atoms in total. The summed E-state index contributed by atoms with van der Waals surface area (Å²) in [7, 11) is 0. The normalized spacial score (nSPS) is 11.1. The molecule has 0 aliphatic carbocycles. The maximum absolute atomic E-state index is 10.4. The monoisotopic (exact) mass is 207 g/mol. The predicted octanol–water partition coefficient (Wildman–Crippen LogP) is 2.95. The van der Waals surface area contributed by atoms with Crippen molar-refractivity contribution in [1.82, 2.24) is 0 Å². The highest BCUT2D eigenvalue weighted by Gasteiger charge is 2.01. The number of aldehydes is 1. The first kappa shape index (κ1) is 10.1. The number of carbonyl (C=O) groups excluding carboxylic acids is 1. The van der Waals surface area contributed by atoms with Crippen molar-refractivity contribution in [3.05, 3.63) is 54.1 Å². The van der Waals surface area contributed by atoms with E-state index in [4.69, 9.17) is 5.26 Å². The zero-order chi connectivity index (χ0) is 11.4. The molecule has 2 aromatic carbocycles. The highest BCUT2D eigenvalue weighted by Crippen LogP contribution is 2.20. The van der Waals surface area contributed by atoms with Crippen molar-refractivity contribution in [3.63, 3.8) is 0 Å². The van der Waals surface area contributed by atoms with Crippen molar-refractivity contribution in [2.24, 2.45) is 0 Å². The van der Waals surface area contributed by atoms with Gasteiger partial charge in [0.2, 0.25) is 0 Å². The van der Waals surface area contributed by atoms with Crippen molar-refractivity contribution in [2.45, 2.75) is 0 Å². The molecular formula is C14H9NO. The molecular weight excluding hydrogens is 198 g/mol. The Hall–Kier alpha value is -2.40. The predicted molar refractivity (Wildman–Crippen MR) is 63.6 cm³/mol. The van der Waals surface area contributed by atoms with Crippen LogP contribution in [0, 0.1) is 11.3 Å². The Balaban J connectivity index is 2.59. The minimum atomic E-state index is 0.390. The number of hydrogen-bond acceptors (Lipinski definition) is 2. The Labute approximate surface area is 93.4 Å². The Morgan fingerprint density at radius 3 is 2.56 bits per heavy atom. The van der Waals surface area contributed by atoms with Gasteiger partial charge >= 0.3 is 0 Å². The van der Waals surface area contributed by atoms with Crippen molar-refractivity contribution < 1.29 is 4.79 Å². The van der Waals surface area contributed by atoms with Crippen LogP contribution in [0.2, 0.25) is 0 Å². The topological polar surface area (TPSA) is 40.9 Å². The van der Waals surface area contributed by atoms with Gasteiger partial charge in [-0.15, -0.1) is 0 Å². The first-order valence-electron chi connectivity index (χ1n) is 4.90. The Morgan fingerprint density at radius 2 is 1.88 bits per heavy atom. The highest BCUT2D eigenvalue weighted by atomic mass is 16.1. The molecule has 0 amide bonds. The maximum Gasteiger partial charge on any atom is 0.144 e. The molecule has 0 aliphatic rings. The second-order valence-electron chi connectivity index (χ2n) is 3.39. The smallest absolute Gasteiger partial charge is 0.144 e. The van der Waals surface area contributed by atoms with Gasteiger partial charge < -0.3 is 0 Å².